The van der Waals surface area contributed by atoms with Crippen LogP contribution in [0.25, 0.3) is 0 Å². The molecule has 1 aromatic heterocycles. The van der Waals surface area contributed by atoms with Gasteiger partial charge in [0.15, 0.2) is 10.9 Å². The fourth-order valence-electron chi connectivity index (χ4n) is 1.95. The highest BCUT2D eigenvalue weighted by Crippen LogP contribution is 2.16. The minimum absolute atomic E-state index is 0.00682. The fraction of sp³-hybridized carbons (Fsp3) is 0.667. The van der Waals surface area contributed by atoms with Crippen LogP contribution in [0.15, 0.2) is 16.4 Å². The van der Waals surface area contributed by atoms with Crippen LogP contribution in [0.3, 0.4) is 0 Å². The van der Waals surface area contributed by atoms with Gasteiger partial charge in [0.25, 0.3) is 10.0 Å². The molecular formula is C12H23N5O3S. The van der Waals surface area contributed by atoms with E-state index in [2.05, 4.69) is 10.1 Å². The van der Waals surface area contributed by atoms with Gasteiger partial charge in [-0.25, -0.2) is 13.4 Å². The zero-order chi connectivity index (χ0) is 16.0. The zero-order valence-electron chi connectivity index (χ0n) is 12.7. The zero-order valence-corrected chi connectivity index (χ0v) is 13.5. The van der Waals surface area contributed by atoms with E-state index >= 15 is 0 Å². The van der Waals surface area contributed by atoms with Gasteiger partial charge < -0.3 is 15.5 Å². The van der Waals surface area contributed by atoms with Gasteiger partial charge in [-0.2, -0.15) is 4.31 Å². The van der Waals surface area contributed by atoms with E-state index in [9.17, 15) is 8.42 Å². The van der Waals surface area contributed by atoms with Gasteiger partial charge in [0.2, 0.25) is 0 Å². The Bertz CT molecular complexity index is 594. The average molecular weight is 317 g/mol. The summed E-state index contributed by atoms with van der Waals surface area (Å²) in [6.45, 7) is 6.46. The molecule has 1 rings (SSSR count). The van der Waals surface area contributed by atoms with Crippen molar-refractivity contribution in [2.24, 2.45) is 10.9 Å². The molecule has 1 aromatic rings. The molecular weight excluding hydrogens is 294 g/mol. The number of aromatic nitrogens is 2. The maximum atomic E-state index is 12.6. The van der Waals surface area contributed by atoms with Crippen molar-refractivity contribution in [3.63, 3.8) is 0 Å². The summed E-state index contributed by atoms with van der Waals surface area (Å²) in [5.41, 5.74) is 5.43. The Hall–Kier alpha value is -1.61. The standard InChI is InChI=1S/C12H23N5O3S/c1-4-6-16-9-12(14-10(16)3)21(19,20)17(7-5-2)8-11(13)15-18/h9,18H,4-8H2,1-3H3,(H2,13,15). The van der Waals surface area contributed by atoms with Crippen molar-refractivity contribution < 1.29 is 13.6 Å². The molecule has 0 radical (unpaired) electrons. The molecule has 0 unspecified atom stereocenters. The molecule has 1 heterocycles. The van der Waals surface area contributed by atoms with Crippen molar-refractivity contribution in [1.29, 1.82) is 0 Å². The second-order valence-corrected chi connectivity index (χ2v) is 6.63. The Kier molecular flexibility index (Phi) is 6.16. The minimum atomic E-state index is -3.76. The Morgan fingerprint density at radius 2 is 2.14 bits per heavy atom. The predicted octanol–water partition coefficient (Wildman–Crippen LogP) is 0.749. The first kappa shape index (κ1) is 17.4. The predicted molar refractivity (Wildman–Crippen MR) is 79.7 cm³/mol. The molecule has 0 aliphatic rings. The molecule has 21 heavy (non-hydrogen) atoms. The first-order valence-electron chi connectivity index (χ1n) is 6.87. The molecule has 3 N–H and O–H groups in total. The van der Waals surface area contributed by atoms with E-state index in [1.165, 1.54) is 10.5 Å². The highest BCUT2D eigenvalue weighted by Gasteiger charge is 2.27. The summed E-state index contributed by atoms with van der Waals surface area (Å²) in [6.07, 6.45) is 3.04. The first-order valence-corrected chi connectivity index (χ1v) is 8.31. The van der Waals surface area contributed by atoms with Crippen LogP contribution in [-0.4, -0.2) is 46.4 Å². The van der Waals surface area contributed by atoms with Crippen molar-refractivity contribution in [2.75, 3.05) is 13.1 Å². The maximum Gasteiger partial charge on any atom is 0.262 e. The van der Waals surface area contributed by atoms with Crippen LogP contribution in [0.5, 0.6) is 0 Å². The van der Waals surface area contributed by atoms with Gasteiger partial charge in [-0.15, -0.1) is 0 Å². The first-order chi connectivity index (χ1) is 9.86. The van der Waals surface area contributed by atoms with Gasteiger partial charge in [0.1, 0.15) is 5.82 Å². The third-order valence-corrected chi connectivity index (χ3v) is 4.68. The summed E-state index contributed by atoms with van der Waals surface area (Å²) in [7, 11) is -3.76. The number of nitrogens with zero attached hydrogens (tertiary/aromatic N) is 4. The van der Waals surface area contributed by atoms with Crippen molar-refractivity contribution in [3.8, 4) is 0 Å². The van der Waals surface area contributed by atoms with Crippen LogP contribution in [0, 0.1) is 6.92 Å². The molecule has 0 atom stereocenters. The maximum absolute atomic E-state index is 12.6. The number of aryl methyl sites for hydroxylation is 2. The van der Waals surface area contributed by atoms with E-state index in [1.54, 1.807) is 11.5 Å². The van der Waals surface area contributed by atoms with Gasteiger partial charge in [-0.3, -0.25) is 0 Å². The smallest absolute Gasteiger partial charge is 0.262 e. The van der Waals surface area contributed by atoms with Gasteiger partial charge in [0.05, 0.1) is 6.54 Å². The summed E-state index contributed by atoms with van der Waals surface area (Å²) >= 11 is 0. The molecule has 0 saturated carbocycles. The largest absolute Gasteiger partial charge is 0.409 e. The molecule has 0 spiro atoms. The van der Waals surface area contributed by atoms with Gasteiger partial charge >= 0.3 is 0 Å². The number of imidazole rings is 1. The number of sulfonamides is 1. The van der Waals surface area contributed by atoms with Crippen LogP contribution in [0.1, 0.15) is 32.5 Å². The third-order valence-electron chi connectivity index (χ3n) is 2.96. The molecule has 0 saturated heterocycles. The lowest BCUT2D eigenvalue weighted by Crippen LogP contribution is -2.39. The quantitative estimate of drug-likeness (QED) is 0.318. The van der Waals surface area contributed by atoms with E-state index in [0.717, 1.165) is 6.42 Å². The molecule has 0 aromatic carbocycles. The lowest BCUT2D eigenvalue weighted by Gasteiger charge is -2.19. The fourth-order valence-corrected chi connectivity index (χ4v) is 3.45. The molecule has 0 fully saturated rings. The SMILES string of the molecule is CCCN(CC(N)=NO)S(=O)(=O)c1cn(CCC)c(C)n1. The Morgan fingerprint density at radius 3 is 2.67 bits per heavy atom. The summed E-state index contributed by atoms with van der Waals surface area (Å²) in [4.78, 5) is 4.13. The highest BCUT2D eigenvalue weighted by molar-refractivity contribution is 7.89. The molecule has 0 aliphatic heterocycles. The van der Waals surface area contributed by atoms with Gasteiger partial charge in [-0.05, 0) is 19.8 Å². The van der Waals surface area contributed by atoms with Gasteiger partial charge in [0, 0.05) is 19.3 Å². The number of hydrogen-bond donors (Lipinski definition) is 2. The lowest BCUT2D eigenvalue weighted by atomic mass is 10.4. The molecule has 0 amide bonds. The Labute approximate surface area is 125 Å². The van der Waals surface area contributed by atoms with Crippen LogP contribution in [0.2, 0.25) is 0 Å². The summed E-state index contributed by atoms with van der Waals surface area (Å²) < 4.78 is 28.2. The second kappa shape index (κ2) is 7.41. The average Bonchev–Trinajstić information content (AvgIpc) is 2.80. The third kappa shape index (κ3) is 4.18. The number of rotatable bonds is 8. The lowest BCUT2D eigenvalue weighted by molar-refractivity contribution is 0.314. The normalized spacial score (nSPS) is 13.0. The van der Waals surface area contributed by atoms with Crippen LogP contribution < -0.4 is 5.73 Å². The number of nitrogens with two attached hydrogens (primary N) is 1. The number of amidine groups is 1. The van der Waals surface area contributed by atoms with E-state index in [0.29, 0.717) is 18.8 Å². The Balaban J connectivity index is 3.13. The minimum Gasteiger partial charge on any atom is -0.409 e. The molecule has 8 nitrogen and oxygen atoms in total. The number of oxime groups is 1. The monoisotopic (exact) mass is 317 g/mol. The molecule has 0 aliphatic carbocycles. The van der Waals surface area contributed by atoms with Crippen molar-refractivity contribution in [3.05, 3.63) is 12.0 Å². The van der Waals surface area contributed by atoms with E-state index in [4.69, 9.17) is 10.9 Å². The summed E-state index contributed by atoms with van der Waals surface area (Å²) in [5, 5.41) is 11.5. The number of hydrogen-bond acceptors (Lipinski definition) is 5. The second-order valence-electron chi connectivity index (χ2n) is 4.75. The van der Waals surface area contributed by atoms with Gasteiger partial charge in [-0.1, -0.05) is 19.0 Å². The van der Waals surface area contributed by atoms with Crippen molar-refractivity contribution >= 4 is 15.9 Å². The topological polar surface area (TPSA) is 114 Å². The van der Waals surface area contributed by atoms with E-state index < -0.39 is 10.0 Å². The highest BCUT2D eigenvalue weighted by atomic mass is 32.2. The molecule has 0 bridgehead atoms. The van der Waals surface area contributed by atoms with E-state index in [1.807, 2.05) is 13.8 Å². The van der Waals surface area contributed by atoms with Crippen LogP contribution in [0.4, 0.5) is 0 Å². The summed E-state index contributed by atoms with van der Waals surface area (Å²) in [5.74, 6) is 0.493. The van der Waals surface area contributed by atoms with Crippen molar-refractivity contribution in [2.45, 2.75) is 45.2 Å². The van der Waals surface area contributed by atoms with Crippen LogP contribution in [-0.2, 0) is 16.6 Å². The van der Waals surface area contributed by atoms with Crippen molar-refractivity contribution in [1.82, 2.24) is 13.9 Å². The Morgan fingerprint density at radius 1 is 1.48 bits per heavy atom. The van der Waals surface area contributed by atoms with E-state index in [-0.39, 0.29) is 24.0 Å². The molecule has 9 heteroatoms. The van der Waals surface area contributed by atoms with Crippen LogP contribution >= 0.6 is 0 Å². The molecule has 120 valence electrons. The summed E-state index contributed by atoms with van der Waals surface area (Å²) in [6, 6.07) is 0.